The molecule has 1 aliphatic heterocycles. The summed E-state index contributed by atoms with van der Waals surface area (Å²) in [5, 5.41) is 5.24. The number of amides is 1. The maximum atomic E-state index is 13.0. The average molecular weight is 430 g/mol. The van der Waals surface area contributed by atoms with Crippen LogP contribution in [0.1, 0.15) is 32.6 Å². The van der Waals surface area contributed by atoms with Crippen LogP contribution in [0.3, 0.4) is 0 Å². The second-order valence-corrected chi connectivity index (χ2v) is 7.82. The zero-order valence-electron chi connectivity index (χ0n) is 16.4. The van der Waals surface area contributed by atoms with Gasteiger partial charge >= 0.3 is 0 Å². The van der Waals surface area contributed by atoms with E-state index in [0.717, 1.165) is 55.6 Å². The number of nitrogens with two attached hydrogens (primary N) is 1. The van der Waals surface area contributed by atoms with Crippen molar-refractivity contribution >= 4 is 47.6 Å². The van der Waals surface area contributed by atoms with Gasteiger partial charge in [-0.15, -0.1) is 24.8 Å². The maximum absolute atomic E-state index is 13.0. The first kappa shape index (κ1) is 22.6. The first-order valence-corrected chi connectivity index (χ1v) is 9.43. The molecule has 0 bridgehead atoms. The maximum Gasteiger partial charge on any atom is 0.227 e. The van der Waals surface area contributed by atoms with Crippen LogP contribution in [-0.4, -0.2) is 62.3 Å². The molecule has 2 atom stereocenters. The van der Waals surface area contributed by atoms with Crippen LogP contribution in [0, 0.1) is 5.92 Å². The number of hydrogen-bond donors (Lipinski definition) is 1. The lowest BCUT2D eigenvalue weighted by molar-refractivity contribution is -0.139. The summed E-state index contributed by atoms with van der Waals surface area (Å²) >= 11 is 0. The number of aryl methyl sites for hydroxylation is 1. The number of carbonyl (C=O) groups is 1. The number of fused-ring (bicyclic) bond motifs is 1. The fourth-order valence-corrected chi connectivity index (χ4v) is 4.32. The van der Waals surface area contributed by atoms with E-state index in [0.29, 0.717) is 13.1 Å². The van der Waals surface area contributed by atoms with Crippen molar-refractivity contribution in [2.45, 2.75) is 38.1 Å². The van der Waals surface area contributed by atoms with Crippen molar-refractivity contribution in [2.75, 3.05) is 31.1 Å². The summed E-state index contributed by atoms with van der Waals surface area (Å²) in [6.45, 7) is 4.97. The summed E-state index contributed by atoms with van der Waals surface area (Å²) in [7, 11) is 1.88. The predicted octanol–water partition coefficient (Wildman–Crippen LogP) is 1.76. The number of anilines is 1. The van der Waals surface area contributed by atoms with Crippen LogP contribution in [0.2, 0.25) is 0 Å². The Morgan fingerprint density at radius 2 is 1.89 bits per heavy atom. The van der Waals surface area contributed by atoms with Crippen LogP contribution in [-0.2, 0) is 11.8 Å². The third-order valence-corrected chi connectivity index (χ3v) is 5.95. The Balaban J connectivity index is 0.00000140. The number of halogens is 2. The summed E-state index contributed by atoms with van der Waals surface area (Å²) < 4.78 is 1.76. The van der Waals surface area contributed by atoms with E-state index >= 15 is 0 Å². The van der Waals surface area contributed by atoms with Crippen molar-refractivity contribution in [3.8, 4) is 0 Å². The van der Waals surface area contributed by atoms with Crippen molar-refractivity contribution in [3.05, 3.63) is 12.5 Å². The molecule has 2 aliphatic rings. The van der Waals surface area contributed by atoms with E-state index in [4.69, 9.17) is 5.73 Å². The second kappa shape index (κ2) is 8.80. The quantitative estimate of drug-likeness (QED) is 0.781. The molecule has 2 aromatic heterocycles. The highest BCUT2D eigenvalue weighted by molar-refractivity contribution is 5.87. The molecule has 156 valence electrons. The Bertz CT molecular complexity index is 817. The molecule has 3 heterocycles. The number of nitrogens with zero attached hydrogens (tertiary/aromatic N) is 6. The molecule has 2 aromatic rings. The minimum Gasteiger partial charge on any atom is -0.352 e. The van der Waals surface area contributed by atoms with Crippen LogP contribution >= 0.6 is 24.8 Å². The van der Waals surface area contributed by atoms with Gasteiger partial charge in [-0.05, 0) is 19.8 Å². The fourth-order valence-electron chi connectivity index (χ4n) is 4.32. The van der Waals surface area contributed by atoms with Crippen molar-refractivity contribution in [3.63, 3.8) is 0 Å². The Kier molecular flexibility index (Phi) is 7.12. The highest BCUT2D eigenvalue weighted by atomic mass is 35.5. The van der Waals surface area contributed by atoms with Crippen LogP contribution in [0.25, 0.3) is 11.0 Å². The van der Waals surface area contributed by atoms with Crippen LogP contribution < -0.4 is 10.6 Å². The summed E-state index contributed by atoms with van der Waals surface area (Å²) in [5.74, 6) is 1.08. The SMILES string of the molecule is Cl.Cl.Cn1ncc2c(N3CCN(C(=O)C4CCCCC4(C)N)CC3)ncnc21. The molecule has 0 radical (unpaired) electrons. The number of rotatable bonds is 2. The lowest BCUT2D eigenvalue weighted by Crippen LogP contribution is -2.57. The summed E-state index contributed by atoms with van der Waals surface area (Å²) in [6, 6.07) is 0. The number of aromatic nitrogens is 4. The van der Waals surface area contributed by atoms with Gasteiger partial charge < -0.3 is 15.5 Å². The molecule has 0 aromatic carbocycles. The lowest BCUT2D eigenvalue weighted by atomic mass is 9.74. The normalized spacial score (nSPS) is 25.2. The van der Waals surface area contributed by atoms with Gasteiger partial charge in [0, 0.05) is 38.8 Å². The van der Waals surface area contributed by atoms with E-state index in [2.05, 4.69) is 20.0 Å². The molecule has 2 N–H and O–H groups in total. The summed E-state index contributed by atoms with van der Waals surface area (Å²) in [5.41, 5.74) is 6.88. The zero-order chi connectivity index (χ0) is 18.3. The topological polar surface area (TPSA) is 93.2 Å². The third kappa shape index (κ3) is 4.04. The minimum atomic E-state index is -0.374. The van der Waals surface area contributed by atoms with E-state index in [1.807, 2.05) is 25.1 Å². The third-order valence-electron chi connectivity index (χ3n) is 5.95. The van der Waals surface area contributed by atoms with Gasteiger partial charge in [-0.3, -0.25) is 9.48 Å². The fraction of sp³-hybridized carbons (Fsp3) is 0.667. The van der Waals surface area contributed by atoms with Gasteiger partial charge in [0.1, 0.15) is 12.1 Å². The number of carbonyl (C=O) groups excluding carboxylic acids is 1. The second-order valence-electron chi connectivity index (χ2n) is 7.82. The van der Waals surface area contributed by atoms with Crippen molar-refractivity contribution in [1.82, 2.24) is 24.6 Å². The molecule has 1 saturated heterocycles. The van der Waals surface area contributed by atoms with Gasteiger partial charge in [0.2, 0.25) is 5.91 Å². The Labute approximate surface area is 177 Å². The average Bonchev–Trinajstić information content (AvgIpc) is 3.02. The molecule has 2 fully saturated rings. The van der Waals surface area contributed by atoms with Gasteiger partial charge in [0.15, 0.2) is 5.65 Å². The van der Waals surface area contributed by atoms with Crippen molar-refractivity contribution in [1.29, 1.82) is 0 Å². The monoisotopic (exact) mass is 429 g/mol. The van der Waals surface area contributed by atoms with E-state index < -0.39 is 0 Å². The molecule has 1 saturated carbocycles. The molecule has 2 unspecified atom stereocenters. The largest absolute Gasteiger partial charge is 0.352 e. The van der Waals surface area contributed by atoms with Gasteiger partial charge in [-0.25, -0.2) is 9.97 Å². The van der Waals surface area contributed by atoms with E-state index in [1.165, 1.54) is 0 Å². The zero-order valence-corrected chi connectivity index (χ0v) is 18.0. The number of hydrogen-bond acceptors (Lipinski definition) is 6. The Hall–Kier alpha value is -1.64. The smallest absolute Gasteiger partial charge is 0.227 e. The van der Waals surface area contributed by atoms with Gasteiger partial charge in [-0.1, -0.05) is 12.8 Å². The molecular weight excluding hydrogens is 401 g/mol. The molecule has 4 rings (SSSR count). The van der Waals surface area contributed by atoms with Crippen LogP contribution in [0.5, 0.6) is 0 Å². The number of piperazine rings is 1. The van der Waals surface area contributed by atoms with Crippen LogP contribution in [0.15, 0.2) is 12.5 Å². The first-order chi connectivity index (χ1) is 12.5. The highest BCUT2D eigenvalue weighted by Gasteiger charge is 2.40. The molecular formula is C18H29Cl2N7O. The molecule has 1 amide bonds. The molecule has 8 nitrogen and oxygen atoms in total. The van der Waals surface area contributed by atoms with Gasteiger partial charge in [0.25, 0.3) is 0 Å². The highest BCUT2D eigenvalue weighted by Crippen LogP contribution is 2.33. The minimum absolute atomic E-state index is 0. The summed E-state index contributed by atoms with van der Waals surface area (Å²) in [6.07, 6.45) is 7.46. The lowest BCUT2D eigenvalue weighted by Gasteiger charge is -2.42. The van der Waals surface area contributed by atoms with E-state index in [-0.39, 0.29) is 42.2 Å². The Morgan fingerprint density at radius 3 is 2.57 bits per heavy atom. The Morgan fingerprint density at radius 1 is 1.18 bits per heavy atom. The standard InChI is InChI=1S/C18H27N7O.2ClH/c1-18(19)6-4-3-5-14(18)17(26)25-9-7-24(8-10-25)16-13-11-22-23(2)15(13)20-12-21-16;;/h11-12,14H,3-10,19H2,1-2H3;2*1H. The van der Waals surface area contributed by atoms with E-state index in [9.17, 15) is 4.79 Å². The van der Waals surface area contributed by atoms with Crippen molar-refractivity contribution in [2.24, 2.45) is 18.7 Å². The predicted molar refractivity (Wildman–Crippen MR) is 114 cm³/mol. The molecule has 28 heavy (non-hydrogen) atoms. The van der Waals surface area contributed by atoms with Gasteiger partial charge in [0.05, 0.1) is 17.5 Å². The van der Waals surface area contributed by atoms with Gasteiger partial charge in [-0.2, -0.15) is 5.10 Å². The van der Waals surface area contributed by atoms with Crippen molar-refractivity contribution < 1.29 is 4.79 Å². The molecule has 0 spiro atoms. The van der Waals surface area contributed by atoms with Crippen LogP contribution in [0.4, 0.5) is 5.82 Å². The summed E-state index contributed by atoms with van der Waals surface area (Å²) in [4.78, 5) is 26.0. The molecule has 10 heteroatoms. The molecule has 1 aliphatic carbocycles. The first-order valence-electron chi connectivity index (χ1n) is 9.43. The van der Waals surface area contributed by atoms with E-state index in [1.54, 1.807) is 11.0 Å².